The number of ether oxygens (including phenoxy) is 1. The van der Waals surface area contributed by atoms with E-state index in [1.165, 1.54) is 22.9 Å². The molecule has 0 N–H and O–H groups in total. The van der Waals surface area contributed by atoms with Crippen molar-refractivity contribution in [1.82, 2.24) is 9.38 Å². The molecule has 0 aliphatic heterocycles. The lowest BCUT2D eigenvalue weighted by atomic mass is 10.2. The second-order valence-corrected chi connectivity index (χ2v) is 6.75. The van der Waals surface area contributed by atoms with Gasteiger partial charge in [0.15, 0.2) is 5.69 Å². The van der Waals surface area contributed by atoms with Crippen LogP contribution in [-0.4, -0.2) is 27.1 Å². The van der Waals surface area contributed by atoms with Crippen molar-refractivity contribution in [2.45, 2.75) is 39.0 Å². The van der Waals surface area contributed by atoms with Crippen LogP contribution in [0.2, 0.25) is 0 Å². The zero-order valence-corrected chi connectivity index (χ0v) is 13.7. The van der Waals surface area contributed by atoms with Gasteiger partial charge in [-0.1, -0.05) is 0 Å². The fourth-order valence-electron chi connectivity index (χ4n) is 1.91. The molecule has 0 unspecified atom stereocenters. The first-order valence-corrected chi connectivity index (χ1v) is 7.21. The molecular weight excluding hydrogens is 365 g/mol. The number of alkyl halides is 3. The average molecular weight is 379 g/mol. The van der Waals surface area contributed by atoms with Gasteiger partial charge < -0.3 is 9.14 Å². The van der Waals surface area contributed by atoms with E-state index in [2.05, 4.69) is 20.9 Å². The number of nitrogens with zero attached hydrogens (tertiary/aromatic N) is 2. The first-order valence-electron chi connectivity index (χ1n) is 6.42. The third kappa shape index (κ3) is 4.22. The van der Waals surface area contributed by atoms with E-state index < -0.39 is 24.2 Å². The molecule has 120 valence electrons. The maximum absolute atomic E-state index is 12.6. The molecule has 22 heavy (non-hydrogen) atoms. The molecule has 0 aromatic carbocycles. The van der Waals surface area contributed by atoms with Crippen molar-refractivity contribution in [2.24, 2.45) is 0 Å². The number of aromatic nitrogens is 2. The fraction of sp³-hybridized carbons (Fsp3) is 0.429. The normalized spacial score (nSPS) is 12.7. The highest BCUT2D eigenvalue weighted by Gasteiger charge is 2.30. The lowest BCUT2D eigenvalue weighted by Crippen LogP contribution is -2.24. The molecular formula is C14H14BrF3N2O2. The molecule has 0 atom stereocenters. The number of hydrogen-bond acceptors (Lipinski definition) is 3. The van der Waals surface area contributed by atoms with Crippen molar-refractivity contribution in [3.8, 4) is 0 Å². The van der Waals surface area contributed by atoms with Crippen LogP contribution < -0.4 is 0 Å². The predicted octanol–water partition coefficient (Wildman–Crippen LogP) is 4.16. The molecule has 2 aromatic rings. The summed E-state index contributed by atoms with van der Waals surface area (Å²) in [7, 11) is 0. The van der Waals surface area contributed by atoms with E-state index in [0.717, 1.165) is 0 Å². The van der Waals surface area contributed by atoms with Crippen molar-refractivity contribution in [3.63, 3.8) is 0 Å². The summed E-state index contributed by atoms with van der Waals surface area (Å²) in [5, 5.41) is 0. The van der Waals surface area contributed by atoms with E-state index >= 15 is 0 Å². The highest BCUT2D eigenvalue weighted by molar-refractivity contribution is 9.10. The number of rotatable bonds is 2. The minimum absolute atomic E-state index is 0.0170. The second kappa shape index (κ2) is 5.57. The molecule has 0 aliphatic carbocycles. The zero-order chi connectivity index (χ0) is 16.7. The van der Waals surface area contributed by atoms with Crippen LogP contribution in [0.3, 0.4) is 0 Å². The zero-order valence-electron chi connectivity index (χ0n) is 12.2. The van der Waals surface area contributed by atoms with Gasteiger partial charge in [-0.15, -0.1) is 0 Å². The van der Waals surface area contributed by atoms with Crippen molar-refractivity contribution in [1.29, 1.82) is 0 Å². The Kier molecular flexibility index (Phi) is 4.25. The molecule has 0 radical (unpaired) electrons. The molecule has 0 spiro atoms. The minimum Gasteiger partial charge on any atom is -0.455 e. The average Bonchev–Trinajstić information content (AvgIpc) is 2.68. The van der Waals surface area contributed by atoms with Crippen molar-refractivity contribution in [2.75, 3.05) is 0 Å². The van der Waals surface area contributed by atoms with E-state index in [0.29, 0.717) is 4.47 Å². The Hall–Kier alpha value is -1.57. The number of imidazole rings is 1. The fourth-order valence-corrected chi connectivity index (χ4v) is 2.40. The summed E-state index contributed by atoms with van der Waals surface area (Å²) in [6.07, 6.45) is -2.59. The van der Waals surface area contributed by atoms with Gasteiger partial charge in [-0.25, -0.2) is 9.78 Å². The number of carbonyl (C=O) groups is 1. The van der Waals surface area contributed by atoms with Gasteiger partial charge in [-0.3, -0.25) is 0 Å². The van der Waals surface area contributed by atoms with Crippen LogP contribution in [-0.2, 0) is 11.2 Å². The molecule has 0 saturated carbocycles. The van der Waals surface area contributed by atoms with Crippen molar-refractivity contribution >= 4 is 27.5 Å². The monoisotopic (exact) mass is 378 g/mol. The van der Waals surface area contributed by atoms with E-state index in [-0.39, 0.29) is 16.9 Å². The maximum Gasteiger partial charge on any atom is 0.393 e. The van der Waals surface area contributed by atoms with Crippen molar-refractivity contribution in [3.05, 3.63) is 34.2 Å². The van der Waals surface area contributed by atoms with Gasteiger partial charge >= 0.3 is 12.1 Å². The quantitative estimate of drug-likeness (QED) is 0.737. The van der Waals surface area contributed by atoms with Gasteiger partial charge in [0.25, 0.3) is 0 Å². The van der Waals surface area contributed by atoms with Crippen LogP contribution in [0.25, 0.3) is 5.65 Å². The minimum atomic E-state index is -4.36. The summed E-state index contributed by atoms with van der Waals surface area (Å²) in [5.41, 5.74) is -0.669. The SMILES string of the molecule is CC(C)(C)OC(=O)c1cn2cc(Br)cc(CC(F)(F)F)c2n1. The van der Waals surface area contributed by atoms with Gasteiger partial charge in [0.2, 0.25) is 0 Å². The van der Waals surface area contributed by atoms with E-state index in [1.54, 1.807) is 20.8 Å². The molecule has 0 fully saturated rings. The summed E-state index contributed by atoms with van der Waals surface area (Å²) in [6, 6.07) is 1.34. The Labute approximate surface area is 133 Å². The molecule has 8 heteroatoms. The summed E-state index contributed by atoms with van der Waals surface area (Å²) < 4.78 is 45.0. The third-order valence-electron chi connectivity index (χ3n) is 2.59. The number of hydrogen-bond donors (Lipinski definition) is 0. The first kappa shape index (κ1) is 16.8. The smallest absolute Gasteiger partial charge is 0.393 e. The largest absolute Gasteiger partial charge is 0.455 e. The van der Waals surface area contributed by atoms with Crippen LogP contribution in [0.5, 0.6) is 0 Å². The Morgan fingerprint density at radius 3 is 2.50 bits per heavy atom. The Bertz CT molecular complexity index is 717. The number of fused-ring (bicyclic) bond motifs is 1. The molecule has 0 aliphatic rings. The Morgan fingerprint density at radius 1 is 1.32 bits per heavy atom. The van der Waals surface area contributed by atoms with Gasteiger partial charge in [-0.2, -0.15) is 13.2 Å². The topological polar surface area (TPSA) is 43.6 Å². The van der Waals surface area contributed by atoms with Gasteiger partial charge in [0.05, 0.1) is 6.42 Å². The summed E-state index contributed by atoms with van der Waals surface area (Å²) >= 11 is 3.15. The molecule has 4 nitrogen and oxygen atoms in total. The molecule has 0 amide bonds. The molecule has 2 rings (SSSR count). The first-order chi connectivity index (χ1) is 9.94. The number of esters is 1. The third-order valence-corrected chi connectivity index (χ3v) is 3.03. The molecule has 0 bridgehead atoms. The lowest BCUT2D eigenvalue weighted by Gasteiger charge is -2.18. The van der Waals surface area contributed by atoms with Gasteiger partial charge in [-0.05, 0) is 42.8 Å². The molecule has 2 aromatic heterocycles. The number of carbonyl (C=O) groups excluding carboxylic acids is 1. The van der Waals surface area contributed by atoms with Crippen LogP contribution >= 0.6 is 15.9 Å². The highest BCUT2D eigenvalue weighted by atomic mass is 79.9. The molecule has 0 saturated heterocycles. The second-order valence-electron chi connectivity index (χ2n) is 5.83. The lowest BCUT2D eigenvalue weighted by molar-refractivity contribution is -0.127. The summed E-state index contributed by atoms with van der Waals surface area (Å²) in [6.45, 7) is 5.10. The highest BCUT2D eigenvalue weighted by Crippen LogP contribution is 2.26. The Morgan fingerprint density at radius 2 is 1.95 bits per heavy atom. The predicted molar refractivity (Wildman–Crippen MR) is 77.8 cm³/mol. The molecule has 2 heterocycles. The summed E-state index contributed by atoms with van der Waals surface area (Å²) in [4.78, 5) is 16.0. The van der Waals surface area contributed by atoms with E-state index in [1.807, 2.05) is 0 Å². The van der Waals surface area contributed by atoms with Crippen LogP contribution in [0.4, 0.5) is 13.2 Å². The Balaban J connectivity index is 2.45. The van der Waals surface area contributed by atoms with Gasteiger partial charge in [0, 0.05) is 22.4 Å². The standard InChI is InChI=1S/C14H14BrF3N2O2/c1-13(2,3)22-12(21)10-7-20-6-9(15)4-8(11(20)19-10)5-14(16,17)18/h4,6-7H,5H2,1-3H3. The van der Waals surface area contributed by atoms with Crippen LogP contribution in [0.15, 0.2) is 22.9 Å². The van der Waals surface area contributed by atoms with E-state index in [9.17, 15) is 18.0 Å². The van der Waals surface area contributed by atoms with Gasteiger partial charge in [0.1, 0.15) is 11.2 Å². The van der Waals surface area contributed by atoms with Crippen LogP contribution in [0, 0.1) is 0 Å². The number of pyridine rings is 1. The van der Waals surface area contributed by atoms with Crippen LogP contribution in [0.1, 0.15) is 36.8 Å². The number of halogens is 4. The summed E-state index contributed by atoms with van der Waals surface area (Å²) in [5.74, 6) is -0.676. The van der Waals surface area contributed by atoms with Crippen molar-refractivity contribution < 1.29 is 22.7 Å². The van der Waals surface area contributed by atoms with E-state index in [4.69, 9.17) is 4.74 Å². The maximum atomic E-state index is 12.6.